The number of carboxylic acid groups (broad SMARTS) is 1. The number of fused-ring (bicyclic) bond motifs is 1. The number of nitrogens with one attached hydrogen (secondary N) is 2. The molecule has 2 amide bonds. The number of pyridine rings is 2. The molecular weight excluding hydrogens is 526 g/mol. The van der Waals surface area contributed by atoms with E-state index in [0.29, 0.717) is 29.9 Å². The zero-order valence-corrected chi connectivity index (χ0v) is 25.6. The molecule has 10 nitrogen and oxygen atoms in total. The number of rotatable bonds is 7. The number of piperidine rings is 1. The van der Waals surface area contributed by atoms with E-state index in [2.05, 4.69) is 66.3 Å². The maximum atomic E-state index is 13.3. The Morgan fingerprint density at radius 1 is 1.20 bits per heavy atom. The molecule has 0 aromatic carbocycles. The van der Waals surface area contributed by atoms with Crippen LogP contribution >= 0.6 is 0 Å². The molecule has 1 fully saturated rings. The average Bonchev–Trinajstić information content (AvgIpc) is 3.29. The first kappa shape index (κ1) is 29.5. The van der Waals surface area contributed by atoms with Gasteiger partial charge in [0.25, 0.3) is 5.91 Å². The van der Waals surface area contributed by atoms with Crippen LogP contribution in [0.4, 0.5) is 16.2 Å². The third-order valence-electron chi connectivity index (χ3n) is 8.01. The van der Waals surface area contributed by atoms with Gasteiger partial charge in [-0.3, -0.25) is 9.78 Å². The molecule has 0 radical (unpaired) electrons. The van der Waals surface area contributed by atoms with Crippen LogP contribution in [0.2, 0.25) is 18.1 Å². The van der Waals surface area contributed by atoms with Crippen molar-refractivity contribution in [1.82, 2.24) is 15.3 Å². The molecule has 3 aromatic rings. The lowest BCUT2D eigenvalue weighted by atomic mass is 9.92. The zero-order valence-electron chi connectivity index (χ0n) is 24.6. The standard InChI is InChI=1S/C29H41N5O5Si/c1-17(2)25-13-20-24(38-25)10-9-19(31-20)27(35)32-21-14-30-12-11-23(21)34-15-18(3)26(22(16-34)33-28(36)37)39-40(7,8)29(4,5)6/h9-14,17-18,22,26,33H,15-16H2,1-8H3,(H,32,35)(H,36,37)/t18-,22+,26+/m0/s1. The predicted octanol–water partition coefficient (Wildman–Crippen LogP) is 6.08. The summed E-state index contributed by atoms with van der Waals surface area (Å²) in [5, 5.41) is 15.3. The lowest BCUT2D eigenvalue weighted by Gasteiger charge is -2.48. The van der Waals surface area contributed by atoms with Crippen LogP contribution in [0.5, 0.6) is 0 Å². The maximum Gasteiger partial charge on any atom is 0.405 e. The highest BCUT2D eigenvalue weighted by Gasteiger charge is 2.45. The smallest absolute Gasteiger partial charge is 0.405 e. The quantitative estimate of drug-likeness (QED) is 0.293. The molecule has 0 spiro atoms. The van der Waals surface area contributed by atoms with Crippen LogP contribution in [0.3, 0.4) is 0 Å². The van der Waals surface area contributed by atoms with E-state index < -0.39 is 20.5 Å². The molecule has 1 aliphatic heterocycles. The van der Waals surface area contributed by atoms with Crippen molar-refractivity contribution in [3.05, 3.63) is 48.1 Å². The highest BCUT2D eigenvalue weighted by Crippen LogP contribution is 2.40. The van der Waals surface area contributed by atoms with Crippen LogP contribution in [0.25, 0.3) is 11.1 Å². The van der Waals surface area contributed by atoms with Gasteiger partial charge in [0.2, 0.25) is 0 Å². The van der Waals surface area contributed by atoms with Gasteiger partial charge in [0.1, 0.15) is 17.0 Å². The summed E-state index contributed by atoms with van der Waals surface area (Å²) in [6.45, 7) is 18.0. The molecule has 4 rings (SSSR count). The molecule has 216 valence electrons. The molecule has 40 heavy (non-hydrogen) atoms. The van der Waals surface area contributed by atoms with Gasteiger partial charge < -0.3 is 29.5 Å². The van der Waals surface area contributed by atoms with Crippen molar-refractivity contribution in [1.29, 1.82) is 0 Å². The van der Waals surface area contributed by atoms with Gasteiger partial charge in [0.15, 0.2) is 13.9 Å². The SMILES string of the molecule is CC(C)c1cc2nc(C(=O)Nc3cnccc3N3C[C@H](C)[C@@H](O[Si](C)(C)C(C)(C)C)[C@H](NC(=O)O)C3)ccc2o1. The van der Waals surface area contributed by atoms with Crippen molar-refractivity contribution in [2.24, 2.45) is 5.92 Å². The van der Waals surface area contributed by atoms with Gasteiger partial charge in [0.05, 0.1) is 29.7 Å². The zero-order chi connectivity index (χ0) is 29.4. The van der Waals surface area contributed by atoms with Gasteiger partial charge in [-0.15, -0.1) is 0 Å². The minimum atomic E-state index is -2.16. The fourth-order valence-corrected chi connectivity index (χ4v) is 6.19. The molecule has 4 heterocycles. The number of anilines is 2. The van der Waals surface area contributed by atoms with Crippen LogP contribution in [0.1, 0.15) is 63.7 Å². The Bertz CT molecular complexity index is 1380. The fraction of sp³-hybridized carbons (Fsp3) is 0.517. The average molecular weight is 568 g/mol. The van der Waals surface area contributed by atoms with E-state index in [1.165, 1.54) is 0 Å². The maximum absolute atomic E-state index is 13.3. The number of hydrogen-bond donors (Lipinski definition) is 3. The molecule has 0 saturated carbocycles. The Morgan fingerprint density at radius 2 is 1.93 bits per heavy atom. The molecule has 0 unspecified atom stereocenters. The highest BCUT2D eigenvalue weighted by molar-refractivity contribution is 6.74. The molecular formula is C29H41N5O5Si. The number of aromatic nitrogens is 2. The lowest BCUT2D eigenvalue weighted by Crippen LogP contribution is -2.62. The topological polar surface area (TPSA) is 130 Å². The van der Waals surface area contributed by atoms with Crippen molar-refractivity contribution in [2.75, 3.05) is 23.3 Å². The summed E-state index contributed by atoms with van der Waals surface area (Å²) in [6.07, 6.45) is 1.90. The van der Waals surface area contributed by atoms with E-state index in [0.717, 1.165) is 11.4 Å². The molecule has 3 atom stereocenters. The van der Waals surface area contributed by atoms with E-state index in [9.17, 15) is 14.7 Å². The predicted molar refractivity (Wildman–Crippen MR) is 159 cm³/mol. The molecule has 1 aliphatic rings. The van der Waals surface area contributed by atoms with E-state index in [1.807, 2.05) is 26.0 Å². The summed E-state index contributed by atoms with van der Waals surface area (Å²) >= 11 is 0. The summed E-state index contributed by atoms with van der Waals surface area (Å²) < 4.78 is 12.6. The normalized spacial score (nSPS) is 20.1. The van der Waals surface area contributed by atoms with Gasteiger partial charge in [0, 0.05) is 37.2 Å². The van der Waals surface area contributed by atoms with Gasteiger partial charge >= 0.3 is 6.09 Å². The third kappa shape index (κ3) is 6.31. The number of carbonyl (C=O) groups is 2. The van der Waals surface area contributed by atoms with Crippen molar-refractivity contribution >= 4 is 42.8 Å². The summed E-state index contributed by atoms with van der Waals surface area (Å²) in [5.41, 5.74) is 2.80. The molecule has 0 aliphatic carbocycles. The second kappa shape index (κ2) is 11.2. The first-order valence-corrected chi connectivity index (χ1v) is 16.6. The Kier molecular flexibility index (Phi) is 8.27. The van der Waals surface area contributed by atoms with Gasteiger partial charge in [-0.2, -0.15) is 0 Å². The van der Waals surface area contributed by atoms with E-state index in [4.69, 9.17) is 8.84 Å². The van der Waals surface area contributed by atoms with Gasteiger partial charge in [-0.05, 0) is 36.3 Å². The number of hydrogen-bond acceptors (Lipinski definition) is 7. The van der Waals surface area contributed by atoms with Gasteiger partial charge in [-0.25, -0.2) is 9.78 Å². The summed E-state index contributed by atoms with van der Waals surface area (Å²) in [7, 11) is -2.16. The van der Waals surface area contributed by atoms with Crippen molar-refractivity contribution in [3.8, 4) is 0 Å². The van der Waals surface area contributed by atoms with E-state index in [-0.39, 0.29) is 34.6 Å². The monoisotopic (exact) mass is 567 g/mol. The highest BCUT2D eigenvalue weighted by atomic mass is 28.4. The summed E-state index contributed by atoms with van der Waals surface area (Å²) in [5.74, 6) is 0.682. The Labute approximate surface area is 236 Å². The molecule has 1 saturated heterocycles. The van der Waals surface area contributed by atoms with Crippen LogP contribution in [-0.4, -0.2) is 60.6 Å². The van der Waals surface area contributed by atoms with Crippen LogP contribution < -0.4 is 15.5 Å². The van der Waals surface area contributed by atoms with Gasteiger partial charge in [-0.1, -0.05) is 41.5 Å². The number of amides is 2. The minimum absolute atomic E-state index is 0.00988. The van der Waals surface area contributed by atoms with Crippen LogP contribution in [-0.2, 0) is 4.43 Å². The second-order valence-corrected chi connectivity index (χ2v) is 17.3. The Morgan fingerprint density at radius 3 is 2.58 bits per heavy atom. The van der Waals surface area contributed by atoms with Crippen LogP contribution in [0, 0.1) is 5.92 Å². The Hall–Kier alpha value is -3.44. The number of nitrogens with zero attached hydrogens (tertiary/aromatic N) is 3. The van der Waals surface area contributed by atoms with E-state index in [1.54, 1.807) is 24.5 Å². The van der Waals surface area contributed by atoms with Crippen molar-refractivity contribution in [2.45, 2.75) is 77.7 Å². The molecule has 11 heteroatoms. The van der Waals surface area contributed by atoms with Crippen molar-refractivity contribution < 1.29 is 23.5 Å². The fourth-order valence-electron chi connectivity index (χ4n) is 4.76. The third-order valence-corrected chi connectivity index (χ3v) is 12.5. The first-order valence-electron chi connectivity index (χ1n) is 13.7. The molecule has 3 N–H and O–H groups in total. The lowest BCUT2D eigenvalue weighted by molar-refractivity contribution is 0.0722. The minimum Gasteiger partial charge on any atom is -0.465 e. The van der Waals surface area contributed by atoms with Crippen molar-refractivity contribution in [3.63, 3.8) is 0 Å². The Balaban J connectivity index is 1.57. The molecule has 0 bridgehead atoms. The molecule has 3 aromatic heterocycles. The summed E-state index contributed by atoms with van der Waals surface area (Å²) in [6, 6.07) is 6.63. The first-order chi connectivity index (χ1) is 18.7. The van der Waals surface area contributed by atoms with E-state index >= 15 is 0 Å². The number of carbonyl (C=O) groups excluding carboxylic acids is 1. The number of furan rings is 1. The van der Waals surface area contributed by atoms with Crippen LogP contribution in [0.15, 0.2) is 41.1 Å². The second-order valence-electron chi connectivity index (χ2n) is 12.5. The summed E-state index contributed by atoms with van der Waals surface area (Å²) in [4.78, 5) is 35.8. The largest absolute Gasteiger partial charge is 0.465 e.